The van der Waals surface area contributed by atoms with Gasteiger partial charge in [0.2, 0.25) is 17.7 Å². The lowest BCUT2D eigenvalue weighted by atomic mass is 9.77. The van der Waals surface area contributed by atoms with Crippen molar-refractivity contribution in [1.82, 2.24) is 15.5 Å². The Morgan fingerprint density at radius 3 is 1.77 bits per heavy atom. The van der Waals surface area contributed by atoms with Crippen LogP contribution in [-0.4, -0.2) is 94.0 Å². The molecule has 16 heteroatoms. The lowest BCUT2D eigenvalue weighted by molar-refractivity contribution is -0.128. The van der Waals surface area contributed by atoms with Crippen molar-refractivity contribution in [3.63, 3.8) is 0 Å². The van der Waals surface area contributed by atoms with Crippen LogP contribution < -0.4 is 31.6 Å². The van der Waals surface area contributed by atoms with Crippen LogP contribution in [0.15, 0.2) is 158 Å². The highest BCUT2D eigenvalue weighted by atomic mass is 16.5. The molecule has 0 fully saturated rings. The number of carboxylic acids is 1. The van der Waals surface area contributed by atoms with E-state index in [2.05, 4.69) is 10.6 Å². The van der Waals surface area contributed by atoms with E-state index in [1.807, 2.05) is 72.8 Å². The van der Waals surface area contributed by atoms with Gasteiger partial charge in [-0.05, 0) is 132 Å². The molecule has 0 radical (unpaired) electrons. The third-order valence-corrected chi connectivity index (χ3v) is 13.8. The maximum Gasteiger partial charge on any atom is 0.337 e. The first-order valence-corrected chi connectivity index (χ1v) is 25.6. The Kier molecular flexibility index (Phi) is 17.5. The smallest absolute Gasteiger partial charge is 0.337 e. The highest BCUT2D eigenvalue weighted by molar-refractivity contribution is 6.11. The third kappa shape index (κ3) is 12.5. The number of likely N-dealkylation sites (N-methyl/N-ethyl adjacent to an activating group) is 1. The number of benzene rings is 8. The van der Waals surface area contributed by atoms with Crippen LogP contribution in [0.1, 0.15) is 63.7 Å². The van der Waals surface area contributed by atoms with Crippen LogP contribution in [0.3, 0.4) is 0 Å². The number of hydrogen-bond donors (Lipinski definition) is 5. The number of rotatable bonds is 20. The molecule has 7 N–H and O–H groups in total. The number of ether oxygens (including phenoxy) is 3. The second kappa shape index (κ2) is 25.0. The number of nitrogens with one attached hydrogen (secondary N) is 2. The Labute approximate surface area is 468 Å². The van der Waals surface area contributed by atoms with E-state index in [-0.39, 0.29) is 76.0 Å². The highest BCUT2D eigenvalue weighted by Crippen LogP contribution is 2.51. The molecule has 16 nitrogen and oxygen atoms in total. The van der Waals surface area contributed by atoms with Crippen LogP contribution in [0.2, 0.25) is 0 Å². The number of carboxylic acid groups (broad SMARTS) is 1. The SMILES string of the molecule is CNC(=O)c1cc(-c2c(-c3cc(C(=O)O)ccc3-c3cc(-c4cccc(CC(=O)N(C)C)c4)c(CC(N)=O)c(-c4cccc(CC(=O)NCc5ccccc5)c4)c3-c3ccc(C(=O)OC)cc3)ccc(OC)c2C(N)=O)ccc1OC. The molecule has 8 aromatic rings. The van der Waals surface area contributed by atoms with E-state index in [0.29, 0.717) is 78.9 Å². The average Bonchev–Trinajstić information content (AvgIpc) is 3.58. The van der Waals surface area contributed by atoms with Gasteiger partial charge in [0.05, 0.1) is 62.8 Å². The number of carbonyl (C=O) groups is 7. The van der Waals surface area contributed by atoms with E-state index in [0.717, 1.165) is 5.56 Å². The molecule has 0 aromatic heterocycles. The minimum absolute atomic E-state index is 0.0281. The summed E-state index contributed by atoms with van der Waals surface area (Å²) in [7, 11) is 8.84. The summed E-state index contributed by atoms with van der Waals surface area (Å²) in [4.78, 5) is 95.7. The number of hydrogen-bond acceptors (Lipinski definition) is 10. The van der Waals surface area contributed by atoms with Crippen molar-refractivity contribution in [1.29, 1.82) is 0 Å². The van der Waals surface area contributed by atoms with Crippen LogP contribution >= 0.6 is 0 Å². The molecule has 410 valence electrons. The Hall–Kier alpha value is -10.4. The van der Waals surface area contributed by atoms with Crippen molar-refractivity contribution in [2.75, 3.05) is 42.5 Å². The van der Waals surface area contributed by atoms with Gasteiger partial charge in [0.1, 0.15) is 11.5 Å². The van der Waals surface area contributed by atoms with Crippen LogP contribution in [0.4, 0.5) is 0 Å². The van der Waals surface area contributed by atoms with Crippen molar-refractivity contribution in [3.05, 3.63) is 202 Å². The Morgan fingerprint density at radius 2 is 1.14 bits per heavy atom. The zero-order valence-corrected chi connectivity index (χ0v) is 45.5. The summed E-state index contributed by atoms with van der Waals surface area (Å²) in [5.41, 5.74) is 20.3. The maximum absolute atomic E-state index is 13.9. The zero-order chi connectivity index (χ0) is 58.1. The fraction of sp³-hybridized carbons (Fsp3) is 0.154. The van der Waals surface area contributed by atoms with E-state index in [4.69, 9.17) is 25.7 Å². The first-order chi connectivity index (χ1) is 38.9. The predicted molar refractivity (Wildman–Crippen MR) is 310 cm³/mol. The van der Waals surface area contributed by atoms with Gasteiger partial charge in [-0.15, -0.1) is 0 Å². The van der Waals surface area contributed by atoms with Gasteiger partial charge in [-0.25, -0.2) is 9.59 Å². The Bertz CT molecular complexity index is 3780. The second-order valence-electron chi connectivity index (χ2n) is 19.2. The number of carbonyl (C=O) groups excluding carboxylic acids is 6. The topological polar surface area (TPSA) is 247 Å². The van der Waals surface area contributed by atoms with Crippen molar-refractivity contribution < 1.29 is 52.9 Å². The summed E-state index contributed by atoms with van der Waals surface area (Å²) >= 11 is 0. The molecule has 8 aromatic carbocycles. The molecule has 0 saturated heterocycles. The minimum Gasteiger partial charge on any atom is -0.496 e. The standard InChI is InChI=1S/C65H59N5O11/c1-68-63(75)52-32-44(23-26-53(52)79-4)59-47(25-27-54(80-5)61(59)62(67)74)49-33-45(64(76)77)22-24-46(49)50-34-48(42-16-10-15-39(28-42)31-57(73)70(2)3)51(35-55(66)71)60(58(50)40-18-20-41(21-19-40)65(78)81-6)43-17-11-14-38(29-43)30-56(72)69-36-37-12-8-7-9-13-37/h7-29,32-34H,30-31,35-36H2,1-6H3,(H2,66,71)(H2,67,74)(H,68,75)(H,69,72)(H,76,77). The third-order valence-electron chi connectivity index (χ3n) is 13.8. The van der Waals surface area contributed by atoms with Gasteiger partial charge in [-0.1, -0.05) is 109 Å². The van der Waals surface area contributed by atoms with Crippen LogP contribution in [0.25, 0.3) is 66.8 Å². The molecule has 0 aliphatic carbocycles. The fourth-order valence-electron chi connectivity index (χ4n) is 9.96. The van der Waals surface area contributed by atoms with Gasteiger partial charge in [0, 0.05) is 33.3 Å². The lowest BCUT2D eigenvalue weighted by Crippen LogP contribution is -2.24. The van der Waals surface area contributed by atoms with Gasteiger partial charge in [-0.2, -0.15) is 0 Å². The fourth-order valence-corrected chi connectivity index (χ4v) is 9.96. The quantitative estimate of drug-likeness (QED) is 0.0450. The number of methoxy groups -OCH3 is 3. The van der Waals surface area contributed by atoms with Crippen LogP contribution in [0.5, 0.6) is 11.5 Å². The first kappa shape index (κ1) is 56.8. The van der Waals surface area contributed by atoms with Gasteiger partial charge in [0.25, 0.3) is 11.8 Å². The van der Waals surface area contributed by atoms with Gasteiger partial charge >= 0.3 is 11.9 Å². The van der Waals surface area contributed by atoms with E-state index < -0.39 is 29.7 Å². The number of esters is 1. The average molecular weight is 1090 g/mol. The number of nitrogens with zero attached hydrogens (tertiary/aromatic N) is 1. The molecule has 0 spiro atoms. The van der Waals surface area contributed by atoms with Crippen LogP contribution in [-0.2, 0) is 44.9 Å². The van der Waals surface area contributed by atoms with Gasteiger partial charge in [-0.3, -0.25) is 24.0 Å². The van der Waals surface area contributed by atoms with E-state index in [9.17, 15) is 38.7 Å². The zero-order valence-electron chi connectivity index (χ0n) is 45.5. The van der Waals surface area contributed by atoms with Gasteiger partial charge in [0.15, 0.2) is 0 Å². The van der Waals surface area contributed by atoms with Crippen molar-refractivity contribution in [3.8, 4) is 78.3 Å². The Balaban J connectivity index is 1.54. The molecule has 5 amide bonds. The van der Waals surface area contributed by atoms with Crippen molar-refractivity contribution >= 4 is 41.5 Å². The summed E-state index contributed by atoms with van der Waals surface area (Å²) in [6.07, 6.45) is -0.304. The molecule has 8 rings (SSSR count). The largest absolute Gasteiger partial charge is 0.496 e. The highest BCUT2D eigenvalue weighted by Gasteiger charge is 2.29. The normalized spacial score (nSPS) is 10.8. The lowest BCUT2D eigenvalue weighted by Gasteiger charge is -2.26. The maximum atomic E-state index is 13.9. The molecule has 0 saturated carbocycles. The molecule has 0 atom stereocenters. The molecular weight excluding hydrogens is 1030 g/mol. The van der Waals surface area contributed by atoms with E-state index >= 15 is 0 Å². The summed E-state index contributed by atoms with van der Waals surface area (Å²) in [6.45, 7) is 0.298. The van der Waals surface area contributed by atoms with Crippen LogP contribution in [0, 0.1) is 0 Å². The molecule has 0 heterocycles. The number of aromatic carboxylic acids is 1. The molecule has 0 unspecified atom stereocenters. The summed E-state index contributed by atoms with van der Waals surface area (Å²) in [5, 5.41) is 16.4. The monoisotopic (exact) mass is 1090 g/mol. The minimum atomic E-state index is -1.27. The van der Waals surface area contributed by atoms with E-state index in [1.54, 1.807) is 80.8 Å². The molecule has 0 aliphatic heterocycles. The molecule has 0 bridgehead atoms. The number of primary amides is 2. The Morgan fingerprint density at radius 1 is 0.531 bits per heavy atom. The summed E-state index contributed by atoms with van der Waals surface area (Å²) in [6, 6.07) is 45.2. The summed E-state index contributed by atoms with van der Waals surface area (Å²) in [5.74, 6) is -4.05. The molecule has 0 aliphatic rings. The van der Waals surface area contributed by atoms with Crippen molar-refractivity contribution in [2.24, 2.45) is 11.5 Å². The number of amides is 5. The van der Waals surface area contributed by atoms with Crippen molar-refractivity contribution in [2.45, 2.75) is 25.8 Å². The van der Waals surface area contributed by atoms with Gasteiger partial charge < -0.3 is 46.3 Å². The molecular formula is C65H59N5O11. The summed E-state index contributed by atoms with van der Waals surface area (Å²) < 4.78 is 16.4. The molecule has 81 heavy (non-hydrogen) atoms. The predicted octanol–water partition coefficient (Wildman–Crippen LogP) is 9.17. The van der Waals surface area contributed by atoms with E-state index in [1.165, 1.54) is 51.5 Å². The first-order valence-electron chi connectivity index (χ1n) is 25.6. The second-order valence-corrected chi connectivity index (χ2v) is 19.2. The number of nitrogens with two attached hydrogens (primary N) is 2.